The molecule has 2 aromatic rings. The van der Waals surface area contributed by atoms with Gasteiger partial charge >= 0.3 is 0 Å². The lowest BCUT2D eigenvalue weighted by Gasteiger charge is -2.01. The van der Waals surface area contributed by atoms with E-state index in [-0.39, 0.29) is 5.78 Å². The summed E-state index contributed by atoms with van der Waals surface area (Å²) < 4.78 is 0.941. The molecule has 0 unspecified atom stereocenters. The van der Waals surface area contributed by atoms with Crippen molar-refractivity contribution in [1.29, 1.82) is 0 Å². The van der Waals surface area contributed by atoms with E-state index in [1.54, 1.807) is 18.2 Å². The molecule has 0 aliphatic heterocycles. The number of benzene rings is 1. The molecule has 0 N–H and O–H groups in total. The van der Waals surface area contributed by atoms with Crippen LogP contribution in [0.3, 0.4) is 0 Å². The van der Waals surface area contributed by atoms with Crippen LogP contribution in [0, 0.1) is 6.92 Å². The number of hydrogen-bond donors (Lipinski definition) is 0. The van der Waals surface area contributed by atoms with Crippen molar-refractivity contribution < 1.29 is 4.79 Å². The second-order valence-electron chi connectivity index (χ2n) is 3.47. The first-order valence-electron chi connectivity index (χ1n) is 4.74. The van der Waals surface area contributed by atoms with Crippen LogP contribution in [-0.2, 0) is 0 Å². The molecule has 0 atom stereocenters. The summed E-state index contributed by atoms with van der Waals surface area (Å²) in [5.41, 5.74) is 0.477. The number of hydrogen-bond acceptors (Lipinski definition) is 2. The Morgan fingerprint density at radius 2 is 2.00 bits per heavy atom. The highest BCUT2D eigenvalue weighted by atomic mass is 79.9. The summed E-state index contributed by atoms with van der Waals surface area (Å²) in [6.45, 7) is 1.95. The first kappa shape index (κ1) is 13.1. The summed E-state index contributed by atoms with van der Waals surface area (Å²) in [4.78, 5) is 13.9. The number of aryl methyl sites for hydroxylation is 1. The molecule has 17 heavy (non-hydrogen) atoms. The maximum Gasteiger partial charge on any atom is 0.204 e. The minimum Gasteiger partial charge on any atom is -0.288 e. The fourth-order valence-corrected chi connectivity index (χ4v) is 3.36. The Balaban J connectivity index is 2.43. The van der Waals surface area contributed by atoms with Gasteiger partial charge in [-0.25, -0.2) is 0 Å². The Morgan fingerprint density at radius 1 is 1.29 bits per heavy atom. The van der Waals surface area contributed by atoms with Crippen LogP contribution < -0.4 is 0 Å². The zero-order valence-corrected chi connectivity index (χ0v) is 12.7. The van der Waals surface area contributed by atoms with Crippen molar-refractivity contribution in [3.8, 4) is 0 Å². The van der Waals surface area contributed by atoms with Gasteiger partial charge in [-0.2, -0.15) is 0 Å². The summed E-state index contributed by atoms with van der Waals surface area (Å²) in [6, 6.07) is 6.70. The van der Waals surface area contributed by atoms with Crippen LogP contribution in [0.2, 0.25) is 10.0 Å². The van der Waals surface area contributed by atoms with Crippen LogP contribution in [0.25, 0.3) is 0 Å². The normalized spacial score (nSPS) is 10.6. The van der Waals surface area contributed by atoms with E-state index in [1.165, 1.54) is 11.3 Å². The fourth-order valence-electron chi connectivity index (χ4n) is 1.38. The van der Waals surface area contributed by atoms with Crippen molar-refractivity contribution in [2.24, 2.45) is 0 Å². The van der Waals surface area contributed by atoms with Crippen LogP contribution in [0.15, 0.2) is 28.7 Å². The third-order valence-electron chi connectivity index (χ3n) is 2.26. The van der Waals surface area contributed by atoms with E-state index in [2.05, 4.69) is 15.9 Å². The first-order valence-corrected chi connectivity index (χ1v) is 7.11. The highest BCUT2D eigenvalue weighted by molar-refractivity contribution is 9.10. The minimum absolute atomic E-state index is 0.0783. The Bertz CT molecular complexity index is 573. The molecule has 0 saturated heterocycles. The zero-order valence-electron chi connectivity index (χ0n) is 8.76. The molecule has 0 fully saturated rings. The smallest absolute Gasteiger partial charge is 0.204 e. The van der Waals surface area contributed by atoms with Crippen molar-refractivity contribution in [3.05, 3.63) is 54.1 Å². The highest BCUT2D eigenvalue weighted by Gasteiger charge is 2.16. The van der Waals surface area contributed by atoms with E-state index in [4.69, 9.17) is 23.2 Å². The number of carbonyl (C=O) groups is 1. The van der Waals surface area contributed by atoms with Gasteiger partial charge in [-0.3, -0.25) is 4.79 Å². The molecule has 0 saturated carbocycles. The molecule has 2 rings (SSSR count). The minimum atomic E-state index is -0.0783. The van der Waals surface area contributed by atoms with E-state index in [0.29, 0.717) is 20.5 Å². The molecular weight excluding hydrogens is 343 g/mol. The predicted molar refractivity (Wildman–Crippen MR) is 76.7 cm³/mol. The Hall–Kier alpha value is -0.350. The average Bonchev–Trinajstić information content (AvgIpc) is 2.58. The second-order valence-corrected chi connectivity index (χ2v) is 6.42. The molecular formula is C12H7BrCl2OS. The van der Waals surface area contributed by atoms with E-state index in [9.17, 15) is 4.79 Å². The van der Waals surface area contributed by atoms with Crippen molar-refractivity contribution in [2.75, 3.05) is 0 Å². The van der Waals surface area contributed by atoms with Crippen LogP contribution >= 0.6 is 50.5 Å². The number of thiophene rings is 1. The topological polar surface area (TPSA) is 17.1 Å². The van der Waals surface area contributed by atoms with Gasteiger partial charge in [0.2, 0.25) is 5.78 Å². The Labute approximate surface area is 121 Å². The highest BCUT2D eigenvalue weighted by Crippen LogP contribution is 2.30. The average molecular weight is 350 g/mol. The van der Waals surface area contributed by atoms with Crippen molar-refractivity contribution >= 4 is 56.3 Å². The first-order chi connectivity index (χ1) is 7.99. The summed E-state index contributed by atoms with van der Waals surface area (Å²) in [5, 5.41) is 0.903. The van der Waals surface area contributed by atoms with Gasteiger partial charge in [-0.1, -0.05) is 23.2 Å². The van der Waals surface area contributed by atoms with Crippen LogP contribution in [-0.4, -0.2) is 5.78 Å². The summed E-state index contributed by atoms with van der Waals surface area (Å²) in [5.74, 6) is -0.0783. The van der Waals surface area contributed by atoms with E-state index >= 15 is 0 Å². The monoisotopic (exact) mass is 348 g/mol. The van der Waals surface area contributed by atoms with Gasteiger partial charge in [0.05, 0.1) is 9.90 Å². The molecule has 1 aromatic heterocycles. The molecule has 0 aliphatic carbocycles. The predicted octanol–water partition coefficient (Wildman–Crippen LogP) is 5.36. The molecule has 1 aromatic carbocycles. The quantitative estimate of drug-likeness (QED) is 0.667. The SMILES string of the molecule is Cc1sc(C(=O)c2ccc(Cl)cc2Cl)cc1Br. The second kappa shape index (κ2) is 5.11. The molecule has 0 bridgehead atoms. The van der Waals surface area contributed by atoms with Gasteiger partial charge in [-0.05, 0) is 47.1 Å². The number of rotatable bonds is 2. The van der Waals surface area contributed by atoms with Gasteiger partial charge < -0.3 is 0 Å². The van der Waals surface area contributed by atoms with Crippen LogP contribution in [0.1, 0.15) is 20.1 Å². The zero-order chi connectivity index (χ0) is 12.6. The van der Waals surface area contributed by atoms with Gasteiger partial charge in [-0.15, -0.1) is 11.3 Å². The Kier molecular flexibility index (Phi) is 3.93. The number of carbonyl (C=O) groups excluding carboxylic acids is 1. The maximum absolute atomic E-state index is 12.2. The molecule has 1 nitrogen and oxygen atoms in total. The van der Waals surface area contributed by atoms with Crippen molar-refractivity contribution in [3.63, 3.8) is 0 Å². The third kappa shape index (κ3) is 2.74. The molecule has 0 spiro atoms. The molecule has 0 amide bonds. The van der Waals surface area contributed by atoms with Crippen molar-refractivity contribution in [1.82, 2.24) is 0 Å². The summed E-state index contributed by atoms with van der Waals surface area (Å²) in [6.07, 6.45) is 0. The van der Waals surface area contributed by atoms with E-state index in [1.807, 2.05) is 13.0 Å². The Morgan fingerprint density at radius 3 is 2.53 bits per heavy atom. The maximum atomic E-state index is 12.2. The van der Waals surface area contributed by atoms with E-state index in [0.717, 1.165) is 9.35 Å². The van der Waals surface area contributed by atoms with Crippen LogP contribution in [0.4, 0.5) is 0 Å². The molecule has 1 heterocycles. The molecule has 0 radical (unpaired) electrons. The largest absolute Gasteiger partial charge is 0.288 e. The van der Waals surface area contributed by atoms with Gasteiger partial charge in [0.1, 0.15) is 0 Å². The molecule has 88 valence electrons. The molecule has 5 heteroatoms. The summed E-state index contributed by atoms with van der Waals surface area (Å²) >= 11 is 16.6. The standard InChI is InChI=1S/C12H7BrCl2OS/c1-6-9(13)5-11(17-6)12(16)8-3-2-7(14)4-10(8)15/h2-5H,1H3. The summed E-state index contributed by atoms with van der Waals surface area (Å²) in [7, 11) is 0. The third-order valence-corrected chi connectivity index (χ3v) is 4.94. The fraction of sp³-hybridized carbons (Fsp3) is 0.0833. The lowest BCUT2D eigenvalue weighted by atomic mass is 10.1. The number of ketones is 1. The van der Waals surface area contributed by atoms with Gasteiger partial charge in [0.25, 0.3) is 0 Å². The van der Waals surface area contributed by atoms with E-state index < -0.39 is 0 Å². The van der Waals surface area contributed by atoms with Gasteiger partial charge in [0.15, 0.2) is 0 Å². The lowest BCUT2D eigenvalue weighted by molar-refractivity contribution is 0.104. The lowest BCUT2D eigenvalue weighted by Crippen LogP contribution is -1.99. The van der Waals surface area contributed by atoms with Crippen molar-refractivity contribution in [2.45, 2.75) is 6.92 Å². The van der Waals surface area contributed by atoms with Gasteiger partial charge in [0, 0.05) is 19.9 Å². The number of halogens is 3. The molecule has 0 aliphatic rings. The van der Waals surface area contributed by atoms with Crippen LogP contribution in [0.5, 0.6) is 0 Å².